The molecule has 1 fully saturated rings. The van der Waals surface area contributed by atoms with Crippen molar-refractivity contribution in [3.05, 3.63) is 0 Å². The minimum Gasteiger partial charge on any atom is -0.465 e. The van der Waals surface area contributed by atoms with Crippen LogP contribution in [0.2, 0.25) is 0 Å². The molecule has 1 aliphatic carbocycles. The Bertz CT molecular complexity index is 231. The van der Waals surface area contributed by atoms with Gasteiger partial charge in [0.25, 0.3) is 0 Å². The van der Waals surface area contributed by atoms with Crippen LogP contribution in [0.4, 0.5) is 0 Å². The molecular formula is C12H23NO2S. The minimum atomic E-state index is -0.420. The van der Waals surface area contributed by atoms with Crippen LogP contribution in [0.15, 0.2) is 0 Å². The van der Waals surface area contributed by atoms with Crippen LogP contribution in [0.25, 0.3) is 0 Å². The van der Waals surface area contributed by atoms with Gasteiger partial charge in [0.05, 0.1) is 6.61 Å². The fourth-order valence-electron chi connectivity index (χ4n) is 2.45. The maximum Gasteiger partial charge on any atom is 0.326 e. The summed E-state index contributed by atoms with van der Waals surface area (Å²) in [6.45, 7) is 5.20. The van der Waals surface area contributed by atoms with Crippen molar-refractivity contribution in [2.45, 2.75) is 50.3 Å². The summed E-state index contributed by atoms with van der Waals surface area (Å²) < 4.78 is 5.22. The first-order valence-electron chi connectivity index (χ1n) is 6.13. The number of hydrogen-bond acceptors (Lipinski definition) is 4. The highest BCUT2D eigenvalue weighted by atomic mass is 32.2. The van der Waals surface area contributed by atoms with Gasteiger partial charge in [-0.3, -0.25) is 4.79 Å². The Morgan fingerprint density at radius 1 is 1.56 bits per heavy atom. The summed E-state index contributed by atoms with van der Waals surface area (Å²) in [5.41, 5.74) is -0.420. The lowest BCUT2D eigenvalue weighted by Crippen LogP contribution is -2.56. The highest BCUT2D eigenvalue weighted by Gasteiger charge is 2.43. The third kappa shape index (κ3) is 3.14. The monoisotopic (exact) mass is 245 g/mol. The molecule has 1 N–H and O–H groups in total. The van der Waals surface area contributed by atoms with E-state index < -0.39 is 5.54 Å². The van der Waals surface area contributed by atoms with Crippen molar-refractivity contribution in [1.82, 2.24) is 5.32 Å². The molecule has 0 bridgehead atoms. The summed E-state index contributed by atoms with van der Waals surface area (Å²) in [6, 6.07) is 0. The smallest absolute Gasteiger partial charge is 0.326 e. The van der Waals surface area contributed by atoms with Gasteiger partial charge in [0, 0.05) is 5.25 Å². The molecule has 0 aromatic heterocycles. The van der Waals surface area contributed by atoms with Crippen LogP contribution in [0, 0.1) is 0 Å². The van der Waals surface area contributed by atoms with Crippen LogP contribution in [-0.4, -0.2) is 36.2 Å². The summed E-state index contributed by atoms with van der Waals surface area (Å²) in [7, 11) is 0. The van der Waals surface area contributed by atoms with E-state index in [4.69, 9.17) is 4.74 Å². The second kappa shape index (κ2) is 6.50. The Morgan fingerprint density at radius 3 is 2.88 bits per heavy atom. The van der Waals surface area contributed by atoms with E-state index in [1.54, 1.807) is 0 Å². The van der Waals surface area contributed by atoms with Crippen molar-refractivity contribution >= 4 is 17.7 Å². The average Bonchev–Trinajstić information content (AvgIpc) is 2.30. The van der Waals surface area contributed by atoms with Gasteiger partial charge < -0.3 is 10.1 Å². The molecule has 94 valence electrons. The molecule has 1 aliphatic rings. The van der Waals surface area contributed by atoms with Gasteiger partial charge in [-0.1, -0.05) is 6.92 Å². The molecule has 3 nitrogen and oxygen atoms in total. The number of esters is 1. The quantitative estimate of drug-likeness (QED) is 0.754. The van der Waals surface area contributed by atoms with Gasteiger partial charge in [-0.2, -0.15) is 11.8 Å². The topological polar surface area (TPSA) is 38.3 Å². The summed E-state index contributed by atoms with van der Waals surface area (Å²) in [5, 5.41) is 3.94. The maximum atomic E-state index is 12.1. The van der Waals surface area contributed by atoms with E-state index in [1.807, 2.05) is 25.6 Å². The van der Waals surface area contributed by atoms with Gasteiger partial charge >= 0.3 is 5.97 Å². The molecule has 2 atom stereocenters. The van der Waals surface area contributed by atoms with Gasteiger partial charge in [-0.15, -0.1) is 0 Å². The summed E-state index contributed by atoms with van der Waals surface area (Å²) in [5.74, 6) is -0.0596. The Balaban J connectivity index is 2.73. The van der Waals surface area contributed by atoms with E-state index in [2.05, 4.69) is 11.6 Å². The summed E-state index contributed by atoms with van der Waals surface area (Å²) in [6.07, 6.45) is 6.26. The van der Waals surface area contributed by atoms with Gasteiger partial charge in [-0.25, -0.2) is 0 Å². The lowest BCUT2D eigenvalue weighted by Gasteiger charge is -2.38. The van der Waals surface area contributed by atoms with Gasteiger partial charge in [-0.05, 0) is 45.4 Å². The van der Waals surface area contributed by atoms with Crippen LogP contribution in [-0.2, 0) is 9.53 Å². The molecule has 1 rings (SSSR count). The number of carbonyl (C=O) groups is 1. The zero-order valence-corrected chi connectivity index (χ0v) is 11.4. The molecule has 0 aromatic carbocycles. The van der Waals surface area contributed by atoms with Crippen molar-refractivity contribution in [3.8, 4) is 0 Å². The SMILES string of the molecule is CCNC1(C(=O)OCC)CCCC(SC)C1. The van der Waals surface area contributed by atoms with E-state index in [9.17, 15) is 4.79 Å². The zero-order valence-electron chi connectivity index (χ0n) is 10.5. The Labute approximate surface area is 103 Å². The molecule has 0 heterocycles. The predicted octanol–water partition coefficient (Wildman–Crippen LogP) is 2.20. The van der Waals surface area contributed by atoms with E-state index in [1.165, 1.54) is 6.42 Å². The van der Waals surface area contributed by atoms with Crippen LogP contribution in [0.5, 0.6) is 0 Å². The molecule has 16 heavy (non-hydrogen) atoms. The number of carbonyl (C=O) groups excluding carboxylic acids is 1. The van der Waals surface area contributed by atoms with E-state index in [0.717, 1.165) is 25.8 Å². The van der Waals surface area contributed by atoms with Crippen molar-refractivity contribution in [2.75, 3.05) is 19.4 Å². The average molecular weight is 245 g/mol. The van der Waals surface area contributed by atoms with Crippen LogP contribution in [0.3, 0.4) is 0 Å². The van der Waals surface area contributed by atoms with Crippen molar-refractivity contribution in [1.29, 1.82) is 0 Å². The summed E-state index contributed by atoms with van der Waals surface area (Å²) >= 11 is 1.86. The van der Waals surface area contributed by atoms with Gasteiger partial charge in [0.15, 0.2) is 0 Å². The maximum absolute atomic E-state index is 12.1. The lowest BCUT2D eigenvalue weighted by molar-refractivity contribution is -0.152. The highest BCUT2D eigenvalue weighted by Crippen LogP contribution is 2.34. The number of nitrogens with one attached hydrogen (secondary N) is 1. The Kier molecular flexibility index (Phi) is 5.62. The highest BCUT2D eigenvalue weighted by molar-refractivity contribution is 7.99. The molecule has 0 aliphatic heterocycles. The normalized spacial score (nSPS) is 30.1. The summed E-state index contributed by atoms with van der Waals surface area (Å²) in [4.78, 5) is 12.1. The van der Waals surface area contributed by atoms with E-state index in [-0.39, 0.29) is 5.97 Å². The molecule has 0 saturated heterocycles. The Morgan fingerprint density at radius 2 is 2.31 bits per heavy atom. The predicted molar refractivity (Wildman–Crippen MR) is 68.8 cm³/mol. The van der Waals surface area contributed by atoms with E-state index in [0.29, 0.717) is 11.9 Å². The van der Waals surface area contributed by atoms with Crippen molar-refractivity contribution < 1.29 is 9.53 Å². The largest absolute Gasteiger partial charge is 0.465 e. The molecule has 4 heteroatoms. The van der Waals surface area contributed by atoms with Crippen LogP contribution in [0.1, 0.15) is 39.5 Å². The first kappa shape index (κ1) is 13.8. The fraction of sp³-hybridized carbons (Fsp3) is 0.917. The number of rotatable bonds is 5. The third-order valence-corrected chi connectivity index (χ3v) is 4.29. The fourth-order valence-corrected chi connectivity index (χ4v) is 3.30. The van der Waals surface area contributed by atoms with Crippen molar-refractivity contribution in [3.63, 3.8) is 0 Å². The van der Waals surface area contributed by atoms with E-state index >= 15 is 0 Å². The first-order chi connectivity index (χ1) is 7.68. The van der Waals surface area contributed by atoms with Gasteiger partial charge in [0.1, 0.15) is 5.54 Å². The second-order valence-electron chi connectivity index (χ2n) is 4.29. The number of likely N-dealkylation sites (N-methyl/N-ethyl adjacent to an activating group) is 1. The molecule has 1 saturated carbocycles. The molecule has 0 spiro atoms. The van der Waals surface area contributed by atoms with Gasteiger partial charge in [0.2, 0.25) is 0 Å². The zero-order chi connectivity index (χ0) is 12.0. The van der Waals surface area contributed by atoms with Crippen LogP contribution >= 0.6 is 11.8 Å². The number of thioether (sulfide) groups is 1. The van der Waals surface area contributed by atoms with Crippen molar-refractivity contribution in [2.24, 2.45) is 0 Å². The molecule has 0 radical (unpaired) electrons. The number of hydrogen-bond donors (Lipinski definition) is 1. The first-order valence-corrected chi connectivity index (χ1v) is 7.42. The Hall–Kier alpha value is -0.220. The molecular weight excluding hydrogens is 222 g/mol. The molecule has 2 unspecified atom stereocenters. The van der Waals surface area contributed by atoms with Crippen LogP contribution < -0.4 is 5.32 Å². The lowest BCUT2D eigenvalue weighted by atomic mass is 9.81. The second-order valence-corrected chi connectivity index (χ2v) is 5.43. The number of ether oxygens (including phenoxy) is 1. The molecule has 0 amide bonds. The minimum absolute atomic E-state index is 0.0596. The molecule has 0 aromatic rings. The third-order valence-electron chi connectivity index (χ3n) is 3.22. The standard InChI is InChI=1S/C12H23NO2S/c1-4-13-12(11(14)15-5-2)8-6-7-10(9-12)16-3/h10,13H,4-9H2,1-3H3.